The van der Waals surface area contributed by atoms with Gasteiger partial charge in [-0.3, -0.25) is 4.98 Å². The molecule has 3 heteroatoms. The number of hydrogen-bond acceptors (Lipinski definition) is 3. The first-order valence-corrected chi connectivity index (χ1v) is 4.61. The molecule has 0 spiro atoms. The van der Waals surface area contributed by atoms with E-state index >= 15 is 0 Å². The lowest BCUT2D eigenvalue weighted by Crippen LogP contribution is -2.21. The lowest BCUT2D eigenvalue weighted by atomic mass is 10.3. The molecule has 1 aromatic rings. The van der Waals surface area contributed by atoms with Gasteiger partial charge in [-0.05, 0) is 25.5 Å². The first kappa shape index (κ1) is 8.51. The van der Waals surface area contributed by atoms with Gasteiger partial charge in [-0.15, -0.1) is 0 Å². The van der Waals surface area contributed by atoms with E-state index < -0.39 is 0 Å². The molecule has 2 heterocycles. The Morgan fingerprint density at radius 1 is 1.62 bits per heavy atom. The number of β-amino-alcohol motifs (C(OH)–C–C–N with tert-alkyl or cyclic N) is 1. The first-order chi connectivity index (χ1) is 6.25. The van der Waals surface area contributed by atoms with Crippen LogP contribution in [-0.2, 0) is 0 Å². The van der Waals surface area contributed by atoms with Crippen molar-refractivity contribution < 1.29 is 5.11 Å². The Balaban J connectivity index is 2.16. The van der Waals surface area contributed by atoms with Crippen LogP contribution in [0.15, 0.2) is 18.3 Å². The Morgan fingerprint density at radius 2 is 2.46 bits per heavy atom. The summed E-state index contributed by atoms with van der Waals surface area (Å²) in [5.41, 5.74) is 2.20. The molecule has 3 nitrogen and oxygen atoms in total. The van der Waals surface area contributed by atoms with Gasteiger partial charge >= 0.3 is 0 Å². The molecular weight excluding hydrogens is 164 g/mol. The Hall–Kier alpha value is -1.09. The summed E-state index contributed by atoms with van der Waals surface area (Å²) in [5.74, 6) is 0. The van der Waals surface area contributed by atoms with Gasteiger partial charge in [0.05, 0.1) is 6.10 Å². The van der Waals surface area contributed by atoms with E-state index in [1.54, 1.807) is 0 Å². The maximum atomic E-state index is 9.37. The van der Waals surface area contributed by atoms with Crippen LogP contribution >= 0.6 is 0 Å². The van der Waals surface area contributed by atoms with Crippen molar-refractivity contribution in [2.24, 2.45) is 0 Å². The standard InChI is InChI=1S/C10H14N2O/c1-8-6-9(2-4-11-8)12-5-3-10(13)7-12/h2,4,6,10,13H,3,5,7H2,1H3/t10-/m1/s1. The van der Waals surface area contributed by atoms with Crippen molar-refractivity contribution >= 4 is 5.69 Å². The molecule has 1 aromatic heterocycles. The van der Waals surface area contributed by atoms with Gasteiger partial charge in [-0.25, -0.2) is 0 Å². The summed E-state index contributed by atoms with van der Waals surface area (Å²) in [4.78, 5) is 6.33. The summed E-state index contributed by atoms with van der Waals surface area (Å²) in [5, 5.41) is 9.37. The summed E-state index contributed by atoms with van der Waals surface area (Å²) < 4.78 is 0. The molecule has 1 atom stereocenters. The average molecular weight is 178 g/mol. The van der Waals surface area contributed by atoms with Crippen LogP contribution in [0.5, 0.6) is 0 Å². The number of rotatable bonds is 1. The fourth-order valence-electron chi connectivity index (χ4n) is 1.70. The topological polar surface area (TPSA) is 36.4 Å². The molecule has 1 N–H and O–H groups in total. The second-order valence-corrected chi connectivity index (χ2v) is 3.54. The maximum absolute atomic E-state index is 9.37. The number of aliphatic hydroxyl groups excluding tert-OH is 1. The minimum absolute atomic E-state index is 0.159. The highest BCUT2D eigenvalue weighted by Crippen LogP contribution is 2.19. The van der Waals surface area contributed by atoms with Crippen LogP contribution in [-0.4, -0.2) is 29.3 Å². The smallest absolute Gasteiger partial charge is 0.0731 e. The van der Waals surface area contributed by atoms with Gasteiger partial charge in [0.15, 0.2) is 0 Å². The Morgan fingerprint density at radius 3 is 3.08 bits per heavy atom. The largest absolute Gasteiger partial charge is 0.391 e. The molecule has 0 amide bonds. The highest BCUT2D eigenvalue weighted by atomic mass is 16.3. The predicted octanol–water partition coefficient (Wildman–Crippen LogP) is 0.961. The molecule has 1 aliphatic rings. The molecule has 0 radical (unpaired) electrons. The van der Waals surface area contributed by atoms with Crippen molar-refractivity contribution in [1.29, 1.82) is 0 Å². The number of pyridine rings is 1. The number of hydrogen-bond donors (Lipinski definition) is 1. The van der Waals surface area contributed by atoms with Gasteiger partial charge in [-0.2, -0.15) is 0 Å². The molecule has 1 saturated heterocycles. The van der Waals surface area contributed by atoms with E-state index in [4.69, 9.17) is 0 Å². The quantitative estimate of drug-likeness (QED) is 0.696. The molecule has 1 fully saturated rings. The number of aryl methyl sites for hydroxylation is 1. The van der Waals surface area contributed by atoms with Crippen LogP contribution in [0.2, 0.25) is 0 Å². The van der Waals surface area contributed by atoms with Gasteiger partial charge in [0, 0.05) is 30.7 Å². The first-order valence-electron chi connectivity index (χ1n) is 4.61. The third-order valence-electron chi connectivity index (χ3n) is 2.41. The molecule has 13 heavy (non-hydrogen) atoms. The maximum Gasteiger partial charge on any atom is 0.0731 e. The zero-order chi connectivity index (χ0) is 9.26. The van der Waals surface area contributed by atoms with Gasteiger partial charge in [0.25, 0.3) is 0 Å². The van der Waals surface area contributed by atoms with Crippen molar-refractivity contribution in [3.63, 3.8) is 0 Å². The Labute approximate surface area is 78.0 Å². The fourth-order valence-corrected chi connectivity index (χ4v) is 1.70. The van der Waals surface area contributed by atoms with Crippen molar-refractivity contribution in [3.05, 3.63) is 24.0 Å². The zero-order valence-corrected chi connectivity index (χ0v) is 7.77. The molecule has 0 aromatic carbocycles. The van der Waals surface area contributed by atoms with E-state index in [-0.39, 0.29) is 6.10 Å². The number of aliphatic hydroxyl groups is 1. The molecule has 0 bridgehead atoms. The summed E-state index contributed by atoms with van der Waals surface area (Å²) in [6, 6.07) is 4.04. The second kappa shape index (κ2) is 3.34. The zero-order valence-electron chi connectivity index (χ0n) is 7.77. The minimum Gasteiger partial charge on any atom is -0.391 e. The number of anilines is 1. The summed E-state index contributed by atoms with van der Waals surface area (Å²) >= 11 is 0. The lowest BCUT2D eigenvalue weighted by molar-refractivity contribution is 0.198. The highest BCUT2D eigenvalue weighted by molar-refractivity contribution is 5.47. The average Bonchev–Trinajstić information content (AvgIpc) is 2.52. The van der Waals surface area contributed by atoms with Crippen molar-refractivity contribution in [1.82, 2.24) is 4.98 Å². The lowest BCUT2D eigenvalue weighted by Gasteiger charge is -2.17. The van der Waals surface area contributed by atoms with Gasteiger partial charge in [0.2, 0.25) is 0 Å². The molecule has 0 aliphatic carbocycles. The second-order valence-electron chi connectivity index (χ2n) is 3.54. The summed E-state index contributed by atoms with van der Waals surface area (Å²) in [6.45, 7) is 3.68. The molecule has 0 saturated carbocycles. The normalized spacial score (nSPS) is 22.3. The van der Waals surface area contributed by atoms with Crippen LogP contribution in [0.4, 0.5) is 5.69 Å². The minimum atomic E-state index is -0.159. The third kappa shape index (κ3) is 1.80. The van der Waals surface area contributed by atoms with Crippen molar-refractivity contribution in [2.75, 3.05) is 18.0 Å². The molecule has 2 rings (SSSR count). The number of nitrogens with zero attached hydrogens (tertiary/aromatic N) is 2. The molecule has 1 aliphatic heterocycles. The van der Waals surface area contributed by atoms with Crippen LogP contribution in [0, 0.1) is 6.92 Å². The van der Waals surface area contributed by atoms with Gasteiger partial charge < -0.3 is 10.0 Å². The molecular formula is C10H14N2O. The third-order valence-corrected chi connectivity index (χ3v) is 2.41. The molecule has 70 valence electrons. The van der Waals surface area contributed by atoms with Crippen molar-refractivity contribution in [2.45, 2.75) is 19.4 Å². The summed E-state index contributed by atoms with van der Waals surface area (Å²) in [7, 11) is 0. The van der Waals surface area contributed by atoms with Crippen molar-refractivity contribution in [3.8, 4) is 0 Å². The monoisotopic (exact) mass is 178 g/mol. The highest BCUT2D eigenvalue weighted by Gasteiger charge is 2.20. The summed E-state index contributed by atoms with van der Waals surface area (Å²) in [6.07, 6.45) is 2.53. The van der Waals surface area contributed by atoms with E-state index in [0.717, 1.165) is 25.2 Å². The van der Waals surface area contributed by atoms with Crippen LogP contribution in [0.3, 0.4) is 0 Å². The van der Waals surface area contributed by atoms with E-state index in [2.05, 4.69) is 16.0 Å². The SMILES string of the molecule is Cc1cc(N2CC[C@@H](O)C2)ccn1. The van der Waals surface area contributed by atoms with E-state index in [1.807, 2.05) is 19.2 Å². The fraction of sp³-hybridized carbons (Fsp3) is 0.500. The van der Waals surface area contributed by atoms with Crippen LogP contribution in [0.25, 0.3) is 0 Å². The van der Waals surface area contributed by atoms with E-state index in [9.17, 15) is 5.11 Å². The van der Waals surface area contributed by atoms with Gasteiger partial charge in [-0.1, -0.05) is 0 Å². The van der Waals surface area contributed by atoms with E-state index in [1.165, 1.54) is 5.69 Å². The van der Waals surface area contributed by atoms with E-state index in [0.29, 0.717) is 0 Å². The Kier molecular flexibility index (Phi) is 2.19. The van der Waals surface area contributed by atoms with Crippen LogP contribution < -0.4 is 4.90 Å². The molecule has 0 unspecified atom stereocenters. The van der Waals surface area contributed by atoms with Crippen LogP contribution in [0.1, 0.15) is 12.1 Å². The number of aromatic nitrogens is 1. The predicted molar refractivity (Wildman–Crippen MR) is 51.8 cm³/mol. The van der Waals surface area contributed by atoms with Gasteiger partial charge in [0.1, 0.15) is 0 Å². The Bertz CT molecular complexity index is 301.